The Morgan fingerprint density at radius 1 is 0.773 bits per heavy atom. The summed E-state index contributed by atoms with van der Waals surface area (Å²) in [5, 5.41) is 7.82. The Hall–Kier alpha value is -1.37. The van der Waals surface area contributed by atoms with Gasteiger partial charge in [-0.3, -0.25) is 4.79 Å². The number of hydrogen-bond acceptors (Lipinski definition) is 1. The van der Waals surface area contributed by atoms with Gasteiger partial charge in [0.2, 0.25) is 0 Å². The van der Waals surface area contributed by atoms with Crippen LogP contribution in [-0.2, 0) is 4.79 Å². The molecule has 1 N–H and O–H groups in total. The second-order valence-corrected chi connectivity index (χ2v) is 3.92. The summed E-state index contributed by atoms with van der Waals surface area (Å²) >= 11 is 0. The van der Waals surface area contributed by atoms with Crippen molar-refractivity contribution in [3.63, 3.8) is 0 Å². The van der Waals surface area contributed by atoms with Crippen LogP contribution in [0.1, 0.15) is 6.42 Å². The van der Waals surface area contributed by atoms with Gasteiger partial charge in [0.1, 0.15) is 6.42 Å². The van der Waals surface area contributed by atoms with E-state index in [2.05, 4.69) is 0 Å². The molecule has 22 heavy (non-hydrogen) atoms. The van der Waals surface area contributed by atoms with E-state index >= 15 is 0 Å². The Morgan fingerprint density at radius 2 is 1.14 bits per heavy atom. The van der Waals surface area contributed by atoms with Crippen LogP contribution in [0.3, 0.4) is 0 Å². The highest BCUT2D eigenvalue weighted by atomic mass is 19.4. The number of aliphatic carboxylic acids is 1. The zero-order valence-corrected chi connectivity index (χ0v) is 9.68. The molecule has 0 rings (SSSR count). The van der Waals surface area contributed by atoms with E-state index in [1.54, 1.807) is 0 Å². The van der Waals surface area contributed by atoms with Crippen LogP contribution in [0.5, 0.6) is 0 Å². The number of carbonyl (C=O) groups is 1. The SMILES string of the molecule is O=C(O)CC(F)(F)C(F)(F)C(F)(F)C(F)(F)C(F)(F)C(F)F. The summed E-state index contributed by atoms with van der Waals surface area (Å²) < 4.78 is 150. The first-order chi connectivity index (χ1) is 9.36. The van der Waals surface area contributed by atoms with Crippen LogP contribution in [0.25, 0.3) is 0 Å². The fourth-order valence-electron chi connectivity index (χ4n) is 1.07. The third-order valence-electron chi connectivity index (χ3n) is 2.31. The van der Waals surface area contributed by atoms with Gasteiger partial charge in [0.05, 0.1) is 0 Å². The Morgan fingerprint density at radius 3 is 1.41 bits per heavy atom. The first kappa shape index (κ1) is 20.6. The smallest absolute Gasteiger partial charge is 0.384 e. The number of carboxylic acid groups (broad SMARTS) is 1. The quantitative estimate of drug-likeness (QED) is 0.700. The third-order valence-corrected chi connectivity index (χ3v) is 2.31. The minimum Gasteiger partial charge on any atom is -0.481 e. The molecule has 0 aliphatic carbocycles. The fraction of sp³-hybridized carbons (Fsp3) is 0.875. The molecule has 0 fully saturated rings. The summed E-state index contributed by atoms with van der Waals surface area (Å²) in [5.74, 6) is -39.0. The van der Waals surface area contributed by atoms with Gasteiger partial charge in [-0.05, 0) is 0 Å². The van der Waals surface area contributed by atoms with Crippen molar-refractivity contribution in [1.29, 1.82) is 0 Å². The van der Waals surface area contributed by atoms with Crippen LogP contribution < -0.4 is 0 Å². The summed E-state index contributed by atoms with van der Waals surface area (Å²) in [5.41, 5.74) is 0. The van der Waals surface area contributed by atoms with Crippen molar-refractivity contribution in [2.24, 2.45) is 0 Å². The van der Waals surface area contributed by atoms with E-state index in [1.807, 2.05) is 0 Å². The second kappa shape index (κ2) is 5.37. The molecular weight excluding hydrogens is 356 g/mol. The van der Waals surface area contributed by atoms with E-state index < -0.39 is 48.4 Å². The highest BCUT2D eigenvalue weighted by Gasteiger charge is 2.87. The molecule has 0 aliphatic heterocycles. The van der Waals surface area contributed by atoms with Gasteiger partial charge < -0.3 is 5.11 Å². The van der Waals surface area contributed by atoms with Crippen molar-refractivity contribution >= 4 is 5.97 Å². The first-order valence-corrected chi connectivity index (χ1v) is 4.75. The van der Waals surface area contributed by atoms with Gasteiger partial charge in [-0.1, -0.05) is 0 Å². The van der Waals surface area contributed by atoms with Crippen LogP contribution in [0, 0.1) is 0 Å². The highest BCUT2D eigenvalue weighted by Crippen LogP contribution is 2.58. The van der Waals surface area contributed by atoms with Crippen molar-refractivity contribution in [3.8, 4) is 0 Å². The third kappa shape index (κ3) is 2.78. The average Bonchev–Trinajstić information content (AvgIpc) is 2.25. The number of alkyl halides is 12. The lowest BCUT2D eigenvalue weighted by molar-refractivity contribution is -0.412. The minimum absolute atomic E-state index is 2.86. The minimum atomic E-state index is -7.68. The molecule has 0 spiro atoms. The number of rotatable bonds is 7. The lowest BCUT2D eigenvalue weighted by Crippen LogP contribution is -2.68. The fourth-order valence-corrected chi connectivity index (χ4v) is 1.07. The average molecular weight is 360 g/mol. The van der Waals surface area contributed by atoms with Crippen molar-refractivity contribution in [1.82, 2.24) is 0 Å². The van der Waals surface area contributed by atoms with Crippen LogP contribution >= 0.6 is 0 Å². The monoisotopic (exact) mass is 360 g/mol. The molecule has 0 bridgehead atoms. The van der Waals surface area contributed by atoms with Gasteiger partial charge >= 0.3 is 42.0 Å². The summed E-state index contributed by atoms with van der Waals surface area (Å²) in [6, 6.07) is 0. The highest BCUT2D eigenvalue weighted by molar-refractivity contribution is 5.68. The maximum atomic E-state index is 12.8. The second-order valence-electron chi connectivity index (χ2n) is 3.92. The zero-order chi connectivity index (χ0) is 18.4. The Labute approximate surface area is 112 Å². The summed E-state index contributed by atoms with van der Waals surface area (Å²) in [6.45, 7) is 0. The summed E-state index contributed by atoms with van der Waals surface area (Å²) in [7, 11) is 0. The Balaban J connectivity index is 6.04. The van der Waals surface area contributed by atoms with Crippen LogP contribution in [-0.4, -0.2) is 47.1 Å². The van der Waals surface area contributed by atoms with Crippen molar-refractivity contribution in [2.75, 3.05) is 0 Å². The maximum absolute atomic E-state index is 12.8. The first-order valence-electron chi connectivity index (χ1n) is 4.75. The van der Waals surface area contributed by atoms with E-state index in [0.717, 1.165) is 0 Å². The van der Waals surface area contributed by atoms with Gasteiger partial charge in [0.15, 0.2) is 0 Å². The molecule has 0 aromatic carbocycles. The molecular formula is C8H4F12O2. The van der Waals surface area contributed by atoms with E-state index in [4.69, 9.17) is 5.11 Å². The van der Waals surface area contributed by atoms with Crippen molar-refractivity contribution in [2.45, 2.75) is 42.5 Å². The Bertz CT molecular complexity index is 429. The normalized spacial score (nSPS) is 15.3. The topological polar surface area (TPSA) is 37.3 Å². The molecule has 0 atom stereocenters. The largest absolute Gasteiger partial charge is 0.481 e. The molecule has 0 aliphatic rings. The lowest BCUT2D eigenvalue weighted by Gasteiger charge is -2.38. The molecule has 14 heteroatoms. The van der Waals surface area contributed by atoms with Gasteiger partial charge in [-0.2, -0.15) is 43.9 Å². The van der Waals surface area contributed by atoms with Crippen molar-refractivity contribution < 1.29 is 62.6 Å². The predicted octanol–water partition coefficient (Wildman–Crippen LogP) is 3.90. The standard InChI is InChI=1S/C8H4F12O2/c9-3(10)5(13,14)7(17,18)8(19,20)6(15,16)4(11,12)1-2(21)22/h3H,1H2,(H,21,22). The molecule has 0 saturated heterocycles. The van der Waals surface area contributed by atoms with E-state index in [0.29, 0.717) is 0 Å². The van der Waals surface area contributed by atoms with Crippen LogP contribution in [0.15, 0.2) is 0 Å². The predicted molar refractivity (Wildman–Crippen MR) is 43.0 cm³/mol. The van der Waals surface area contributed by atoms with Gasteiger partial charge in [-0.25, -0.2) is 8.78 Å². The molecule has 0 radical (unpaired) electrons. The number of carboxylic acids is 1. The molecule has 0 heterocycles. The maximum Gasteiger partial charge on any atom is 0.384 e. The van der Waals surface area contributed by atoms with Gasteiger partial charge in [0, 0.05) is 0 Å². The zero-order valence-electron chi connectivity index (χ0n) is 9.68. The van der Waals surface area contributed by atoms with E-state index in [1.165, 1.54) is 0 Å². The summed E-state index contributed by atoms with van der Waals surface area (Å²) in [6.07, 6.45) is -8.72. The van der Waals surface area contributed by atoms with E-state index in [-0.39, 0.29) is 0 Å². The molecule has 0 unspecified atom stereocenters. The van der Waals surface area contributed by atoms with Crippen LogP contribution in [0.4, 0.5) is 52.7 Å². The van der Waals surface area contributed by atoms with Gasteiger partial charge in [-0.15, -0.1) is 0 Å². The molecule has 0 aromatic rings. The Kier molecular flexibility index (Phi) is 5.03. The lowest BCUT2D eigenvalue weighted by atomic mass is 9.93. The summed E-state index contributed by atoms with van der Waals surface area (Å²) in [4.78, 5) is 9.83. The van der Waals surface area contributed by atoms with E-state index in [9.17, 15) is 57.5 Å². The van der Waals surface area contributed by atoms with Crippen molar-refractivity contribution in [3.05, 3.63) is 0 Å². The molecule has 0 saturated carbocycles. The molecule has 0 amide bonds. The van der Waals surface area contributed by atoms with Crippen LogP contribution in [0.2, 0.25) is 0 Å². The molecule has 2 nitrogen and oxygen atoms in total. The van der Waals surface area contributed by atoms with Gasteiger partial charge in [0.25, 0.3) is 0 Å². The number of hydrogen-bond donors (Lipinski definition) is 1. The number of halogens is 12. The molecule has 132 valence electrons. The molecule has 0 aromatic heterocycles.